The first-order valence-electron chi connectivity index (χ1n) is 8.21. The van der Waals surface area contributed by atoms with Gasteiger partial charge in [-0.1, -0.05) is 0 Å². The minimum absolute atomic E-state index is 0.297. The van der Waals surface area contributed by atoms with Gasteiger partial charge in [-0.15, -0.1) is 0 Å². The van der Waals surface area contributed by atoms with Gasteiger partial charge >= 0.3 is 0 Å². The molecule has 7 nitrogen and oxygen atoms in total. The molecule has 0 aliphatic rings. The van der Waals surface area contributed by atoms with E-state index in [-0.39, 0.29) is 0 Å². The van der Waals surface area contributed by atoms with E-state index in [0.717, 1.165) is 22.9 Å². The summed E-state index contributed by atoms with van der Waals surface area (Å²) in [6.07, 6.45) is 1.44. The lowest BCUT2D eigenvalue weighted by atomic mass is 10.2. The van der Waals surface area contributed by atoms with Gasteiger partial charge in [0.2, 0.25) is 0 Å². The molecule has 0 saturated carbocycles. The van der Waals surface area contributed by atoms with Crippen molar-refractivity contribution in [2.75, 3.05) is 24.9 Å². The van der Waals surface area contributed by atoms with E-state index < -0.39 is 5.91 Å². The maximum atomic E-state index is 11.7. The molecule has 0 fully saturated rings. The number of anilines is 4. The summed E-state index contributed by atoms with van der Waals surface area (Å²) in [5.74, 6) is 1.52. The number of nitrogens with two attached hydrogens (primary N) is 1. The van der Waals surface area contributed by atoms with E-state index in [0.29, 0.717) is 17.1 Å². The molecule has 0 unspecified atom stereocenters. The molecule has 3 rings (SSSR count). The maximum absolute atomic E-state index is 11.7. The van der Waals surface area contributed by atoms with Gasteiger partial charge < -0.3 is 25.8 Å². The number of nitrogens with one attached hydrogen (secondary N) is 2. The smallest absolute Gasteiger partial charge is 0.252 e. The molecule has 0 bridgehead atoms. The number of methoxy groups -OCH3 is 2. The second kappa shape index (κ2) is 8.09. The van der Waals surface area contributed by atoms with Crippen molar-refractivity contribution in [1.82, 2.24) is 4.98 Å². The Morgan fingerprint density at radius 3 is 1.89 bits per heavy atom. The summed E-state index contributed by atoms with van der Waals surface area (Å²) in [6, 6.07) is 16.5. The number of amides is 1. The zero-order chi connectivity index (χ0) is 19.2. The Morgan fingerprint density at radius 2 is 1.41 bits per heavy atom. The third-order valence-corrected chi connectivity index (χ3v) is 3.90. The summed E-state index contributed by atoms with van der Waals surface area (Å²) >= 11 is 0. The third-order valence-electron chi connectivity index (χ3n) is 3.90. The highest BCUT2D eigenvalue weighted by Crippen LogP contribution is 2.26. The normalized spacial score (nSPS) is 10.1. The minimum Gasteiger partial charge on any atom is -0.497 e. The highest BCUT2D eigenvalue weighted by Gasteiger charge is 2.11. The second-order valence-electron chi connectivity index (χ2n) is 5.69. The van der Waals surface area contributed by atoms with Gasteiger partial charge in [-0.2, -0.15) is 0 Å². The molecule has 7 heteroatoms. The fourth-order valence-corrected chi connectivity index (χ4v) is 2.48. The summed E-state index contributed by atoms with van der Waals surface area (Å²) in [7, 11) is 3.22. The Hall–Kier alpha value is -3.74. The topological polar surface area (TPSA) is 98.5 Å². The first kappa shape index (κ1) is 18.1. The average Bonchev–Trinajstić information content (AvgIpc) is 2.69. The van der Waals surface area contributed by atoms with Gasteiger partial charge in [0, 0.05) is 23.6 Å². The van der Waals surface area contributed by atoms with Crippen LogP contribution in [0.5, 0.6) is 11.5 Å². The van der Waals surface area contributed by atoms with Crippen molar-refractivity contribution < 1.29 is 14.3 Å². The number of hydrogen-bond acceptors (Lipinski definition) is 6. The molecular weight excluding hydrogens is 344 g/mol. The summed E-state index contributed by atoms with van der Waals surface area (Å²) in [6.45, 7) is 0. The Labute approximate surface area is 157 Å². The lowest BCUT2D eigenvalue weighted by Gasteiger charge is -2.13. The van der Waals surface area contributed by atoms with Crippen molar-refractivity contribution in [2.24, 2.45) is 5.73 Å². The van der Waals surface area contributed by atoms with Crippen LogP contribution < -0.4 is 25.8 Å². The number of carbonyl (C=O) groups is 1. The lowest BCUT2D eigenvalue weighted by Crippen LogP contribution is -2.14. The highest BCUT2D eigenvalue weighted by atomic mass is 16.5. The Balaban J connectivity index is 1.85. The van der Waals surface area contributed by atoms with Crippen LogP contribution in [0.3, 0.4) is 0 Å². The van der Waals surface area contributed by atoms with Crippen molar-refractivity contribution in [1.29, 1.82) is 0 Å². The molecule has 0 aliphatic heterocycles. The maximum Gasteiger partial charge on any atom is 0.252 e. The number of primary amides is 1. The number of pyridine rings is 1. The van der Waals surface area contributed by atoms with E-state index in [1.165, 1.54) is 6.20 Å². The number of benzene rings is 2. The standard InChI is InChI=1S/C20H20N4O3/c1-26-15-7-3-13(4-8-15)23-18-11-19(22-12-17(18)20(21)25)24-14-5-9-16(27-2)10-6-14/h3-12H,1-2H3,(H2,21,25)(H2,22,23,24). The molecule has 3 aromatic rings. The zero-order valence-electron chi connectivity index (χ0n) is 15.0. The molecular formula is C20H20N4O3. The molecule has 0 radical (unpaired) electrons. The van der Waals surface area contributed by atoms with E-state index in [9.17, 15) is 4.79 Å². The van der Waals surface area contributed by atoms with Crippen molar-refractivity contribution in [2.45, 2.75) is 0 Å². The van der Waals surface area contributed by atoms with Crippen LogP contribution in [0.15, 0.2) is 60.8 Å². The van der Waals surface area contributed by atoms with Gasteiger partial charge in [0.05, 0.1) is 25.5 Å². The highest BCUT2D eigenvalue weighted by molar-refractivity contribution is 5.99. The first-order chi connectivity index (χ1) is 13.1. The van der Waals surface area contributed by atoms with Crippen LogP contribution in [0.1, 0.15) is 10.4 Å². The molecule has 138 valence electrons. The SMILES string of the molecule is COc1ccc(Nc2cc(Nc3ccc(OC)cc3)c(C(N)=O)cn2)cc1. The number of carbonyl (C=O) groups excluding carboxylic acids is 1. The van der Waals surface area contributed by atoms with Crippen LogP contribution in [0.4, 0.5) is 22.9 Å². The molecule has 1 amide bonds. The van der Waals surface area contributed by atoms with E-state index in [1.54, 1.807) is 20.3 Å². The molecule has 0 saturated heterocycles. The first-order valence-corrected chi connectivity index (χ1v) is 8.21. The van der Waals surface area contributed by atoms with Crippen molar-refractivity contribution >= 4 is 28.8 Å². The quantitative estimate of drug-likeness (QED) is 0.591. The van der Waals surface area contributed by atoms with Crippen molar-refractivity contribution in [3.63, 3.8) is 0 Å². The molecule has 1 heterocycles. The second-order valence-corrected chi connectivity index (χ2v) is 5.69. The van der Waals surface area contributed by atoms with Gasteiger partial charge in [0.15, 0.2) is 0 Å². The summed E-state index contributed by atoms with van der Waals surface area (Å²) < 4.78 is 10.3. The zero-order valence-corrected chi connectivity index (χ0v) is 15.0. The van der Waals surface area contributed by atoms with Gasteiger partial charge in [0.1, 0.15) is 17.3 Å². The van der Waals surface area contributed by atoms with E-state index >= 15 is 0 Å². The number of aromatic nitrogens is 1. The summed E-state index contributed by atoms with van der Waals surface area (Å²) in [5, 5.41) is 6.38. The van der Waals surface area contributed by atoms with Gasteiger partial charge in [-0.25, -0.2) is 4.98 Å². The Morgan fingerprint density at radius 1 is 0.889 bits per heavy atom. The predicted octanol–water partition coefficient (Wildman–Crippen LogP) is 3.68. The summed E-state index contributed by atoms with van der Waals surface area (Å²) in [4.78, 5) is 16.0. The number of nitrogens with zero attached hydrogens (tertiary/aromatic N) is 1. The fourth-order valence-electron chi connectivity index (χ4n) is 2.48. The van der Waals surface area contributed by atoms with Gasteiger partial charge in [-0.3, -0.25) is 4.79 Å². The van der Waals surface area contributed by atoms with E-state index in [2.05, 4.69) is 15.6 Å². The molecule has 1 aromatic heterocycles. The minimum atomic E-state index is -0.561. The molecule has 2 aromatic carbocycles. The van der Waals surface area contributed by atoms with E-state index in [4.69, 9.17) is 15.2 Å². The number of hydrogen-bond donors (Lipinski definition) is 3. The van der Waals surface area contributed by atoms with Gasteiger partial charge in [-0.05, 0) is 48.5 Å². The van der Waals surface area contributed by atoms with Crippen LogP contribution in [0, 0.1) is 0 Å². The average molecular weight is 364 g/mol. The Bertz CT molecular complexity index is 925. The largest absolute Gasteiger partial charge is 0.497 e. The van der Waals surface area contributed by atoms with E-state index in [1.807, 2.05) is 48.5 Å². The predicted molar refractivity (Wildman–Crippen MR) is 105 cm³/mol. The van der Waals surface area contributed by atoms with Gasteiger partial charge in [0.25, 0.3) is 5.91 Å². The fraction of sp³-hybridized carbons (Fsp3) is 0.100. The molecule has 0 spiro atoms. The Kier molecular flexibility index (Phi) is 5.41. The third kappa shape index (κ3) is 4.46. The van der Waals surface area contributed by atoms with Crippen LogP contribution in [-0.2, 0) is 0 Å². The molecule has 0 aliphatic carbocycles. The van der Waals surface area contributed by atoms with Crippen molar-refractivity contribution in [3.05, 3.63) is 66.4 Å². The molecule has 4 N–H and O–H groups in total. The van der Waals surface area contributed by atoms with Crippen LogP contribution in [0.2, 0.25) is 0 Å². The lowest BCUT2D eigenvalue weighted by molar-refractivity contribution is 0.100. The number of ether oxygens (including phenoxy) is 2. The van der Waals surface area contributed by atoms with Crippen LogP contribution in [-0.4, -0.2) is 25.1 Å². The van der Waals surface area contributed by atoms with Crippen molar-refractivity contribution in [3.8, 4) is 11.5 Å². The number of rotatable bonds is 7. The van der Waals surface area contributed by atoms with Crippen LogP contribution in [0.25, 0.3) is 0 Å². The summed E-state index contributed by atoms with van der Waals surface area (Å²) in [5.41, 5.74) is 7.96. The molecule has 27 heavy (non-hydrogen) atoms. The van der Waals surface area contributed by atoms with Crippen LogP contribution >= 0.6 is 0 Å². The molecule has 0 atom stereocenters. The monoisotopic (exact) mass is 364 g/mol.